The Morgan fingerprint density at radius 3 is 2.42 bits per heavy atom. The predicted molar refractivity (Wildman–Crippen MR) is 121 cm³/mol. The van der Waals surface area contributed by atoms with Crippen LogP contribution in [0.25, 0.3) is 0 Å². The minimum absolute atomic E-state index is 0.0452. The first-order valence-corrected chi connectivity index (χ1v) is 12.7. The summed E-state index contributed by atoms with van der Waals surface area (Å²) in [5.41, 5.74) is 2.16. The highest BCUT2D eigenvalue weighted by molar-refractivity contribution is 6.00. The lowest BCUT2D eigenvalue weighted by atomic mass is 9.42. The normalized spacial score (nSPS) is 50.7. The highest BCUT2D eigenvalue weighted by Gasteiger charge is 2.82. The van der Waals surface area contributed by atoms with Crippen LogP contribution in [-0.4, -0.2) is 24.5 Å². The zero-order valence-corrected chi connectivity index (χ0v) is 20.4. The van der Waals surface area contributed by atoms with Crippen molar-refractivity contribution in [2.24, 2.45) is 38.9 Å². The van der Waals surface area contributed by atoms with E-state index in [1.54, 1.807) is 0 Å². The average molecular weight is 428 g/mol. The van der Waals surface area contributed by atoms with Crippen LogP contribution in [0.2, 0.25) is 0 Å². The summed E-state index contributed by atoms with van der Waals surface area (Å²) in [6, 6.07) is 0.184. The van der Waals surface area contributed by atoms with E-state index in [0.29, 0.717) is 35.1 Å². The van der Waals surface area contributed by atoms with Crippen LogP contribution in [0, 0.1) is 38.9 Å². The Bertz CT molecular complexity index is 861. The maximum atomic E-state index is 13.0. The maximum Gasteiger partial charge on any atom is 0.407 e. The average Bonchev–Trinajstić information content (AvgIpc) is 3.30. The number of allylic oxidation sites excluding steroid dienone is 2. The number of alkyl carbamates (subject to hydrolysis) is 1. The Labute approximate surface area is 187 Å². The number of amides is 1. The van der Waals surface area contributed by atoms with Gasteiger partial charge in [0.15, 0.2) is 5.78 Å². The molecule has 5 fully saturated rings. The fourth-order valence-electron chi connectivity index (χ4n) is 10.1. The van der Waals surface area contributed by atoms with Crippen molar-refractivity contribution >= 4 is 11.9 Å². The summed E-state index contributed by atoms with van der Waals surface area (Å²) in [6.45, 7) is 14.0. The third-order valence-corrected chi connectivity index (χ3v) is 11.6. The summed E-state index contributed by atoms with van der Waals surface area (Å²) >= 11 is 0. The zero-order chi connectivity index (χ0) is 22.4. The molecule has 31 heavy (non-hydrogen) atoms. The number of hydrogen-bond acceptors (Lipinski definition) is 3. The highest BCUT2D eigenvalue weighted by Crippen LogP contribution is 2.88. The van der Waals surface area contributed by atoms with E-state index in [0.717, 1.165) is 24.8 Å². The quantitative estimate of drug-likeness (QED) is 0.546. The molecule has 5 aliphatic rings. The van der Waals surface area contributed by atoms with E-state index in [9.17, 15) is 9.59 Å². The van der Waals surface area contributed by atoms with Crippen molar-refractivity contribution in [1.82, 2.24) is 5.32 Å². The number of carbonyl (C=O) groups is 2. The van der Waals surface area contributed by atoms with Crippen molar-refractivity contribution in [3.63, 3.8) is 0 Å². The fraction of sp³-hybridized carbons (Fsp3) is 0.852. The maximum absolute atomic E-state index is 13.0. The molecule has 7 unspecified atom stereocenters. The molecule has 0 aliphatic heterocycles. The number of nitrogens with one attached hydrogen (secondary N) is 1. The van der Waals surface area contributed by atoms with Crippen molar-refractivity contribution in [3.05, 3.63) is 11.6 Å². The Balaban J connectivity index is 1.46. The number of fused-ring (bicyclic) bond motifs is 2. The minimum atomic E-state index is -0.264. The Morgan fingerprint density at radius 1 is 1.06 bits per heavy atom. The van der Waals surface area contributed by atoms with Gasteiger partial charge in [0, 0.05) is 17.9 Å². The van der Waals surface area contributed by atoms with Crippen molar-refractivity contribution in [3.8, 4) is 0 Å². The number of rotatable bonds is 2. The molecule has 1 N–H and O–H groups in total. The monoisotopic (exact) mass is 427 g/mol. The molecule has 0 aromatic rings. The molecule has 5 rings (SSSR count). The van der Waals surface area contributed by atoms with Gasteiger partial charge in [0.2, 0.25) is 0 Å². The van der Waals surface area contributed by atoms with Crippen molar-refractivity contribution in [2.45, 2.75) is 99.0 Å². The number of carbonyl (C=O) groups excluding carboxylic acids is 2. The molecule has 1 amide bonds. The largest absolute Gasteiger partial charge is 0.450 e. The van der Waals surface area contributed by atoms with E-state index < -0.39 is 0 Å². The Kier molecular flexibility index (Phi) is 4.43. The van der Waals surface area contributed by atoms with Crippen LogP contribution in [0.15, 0.2) is 11.6 Å². The van der Waals surface area contributed by atoms with Crippen LogP contribution < -0.4 is 5.32 Å². The SMILES string of the molecule is CC=C1C(=O)CC2(C)C3CCC4C(C)(C)C(NC(=O)OCC)CCC45CC35CCC12C. The van der Waals surface area contributed by atoms with Crippen molar-refractivity contribution in [1.29, 1.82) is 0 Å². The van der Waals surface area contributed by atoms with Crippen molar-refractivity contribution < 1.29 is 14.3 Å². The number of Topliss-reactive ketones (excluding diaryl/α,β-unsaturated/α-hetero) is 1. The Hall–Kier alpha value is -1.32. The van der Waals surface area contributed by atoms with Crippen LogP contribution >= 0.6 is 0 Å². The Morgan fingerprint density at radius 2 is 1.74 bits per heavy atom. The van der Waals surface area contributed by atoms with Crippen LogP contribution in [0.1, 0.15) is 92.9 Å². The zero-order valence-electron chi connectivity index (χ0n) is 20.4. The summed E-state index contributed by atoms with van der Waals surface area (Å²) in [7, 11) is 0. The summed E-state index contributed by atoms with van der Waals surface area (Å²) in [6.07, 6.45) is 11.1. The van der Waals surface area contributed by atoms with E-state index in [1.807, 2.05) is 6.92 Å². The smallest absolute Gasteiger partial charge is 0.407 e. The molecule has 4 nitrogen and oxygen atoms in total. The van der Waals surface area contributed by atoms with Gasteiger partial charge in [-0.25, -0.2) is 4.79 Å². The highest BCUT2D eigenvalue weighted by atomic mass is 16.5. The van der Waals surface area contributed by atoms with Gasteiger partial charge in [-0.2, -0.15) is 0 Å². The molecule has 5 aliphatic carbocycles. The van der Waals surface area contributed by atoms with Gasteiger partial charge in [0.05, 0.1) is 6.61 Å². The van der Waals surface area contributed by atoms with Gasteiger partial charge >= 0.3 is 6.09 Å². The van der Waals surface area contributed by atoms with Gasteiger partial charge in [-0.3, -0.25) is 4.79 Å². The summed E-state index contributed by atoms with van der Waals surface area (Å²) < 4.78 is 5.21. The second kappa shape index (κ2) is 6.38. The van der Waals surface area contributed by atoms with E-state index >= 15 is 0 Å². The van der Waals surface area contributed by atoms with E-state index in [4.69, 9.17) is 4.74 Å². The molecule has 7 atom stereocenters. The molecule has 4 heteroatoms. The van der Waals surface area contributed by atoms with E-state index in [2.05, 4.69) is 46.0 Å². The molecule has 0 radical (unpaired) electrons. The lowest BCUT2D eigenvalue weighted by Gasteiger charge is -2.62. The third-order valence-electron chi connectivity index (χ3n) is 11.6. The molecule has 5 saturated carbocycles. The lowest BCUT2D eigenvalue weighted by molar-refractivity contribution is -0.129. The lowest BCUT2D eigenvalue weighted by Crippen LogP contribution is -2.59. The molecular weight excluding hydrogens is 386 g/mol. The van der Waals surface area contributed by atoms with Crippen LogP contribution in [0.4, 0.5) is 4.79 Å². The number of ketones is 1. The second-order valence-electron chi connectivity index (χ2n) is 12.5. The van der Waals surface area contributed by atoms with Gasteiger partial charge in [-0.05, 0) is 97.9 Å². The van der Waals surface area contributed by atoms with Crippen LogP contribution in [0.3, 0.4) is 0 Å². The van der Waals surface area contributed by atoms with Crippen LogP contribution in [0.5, 0.6) is 0 Å². The van der Waals surface area contributed by atoms with Gasteiger partial charge in [0.25, 0.3) is 0 Å². The third kappa shape index (κ3) is 2.38. The second-order valence-corrected chi connectivity index (χ2v) is 12.5. The summed E-state index contributed by atoms with van der Waals surface area (Å²) in [5, 5.41) is 3.20. The molecule has 0 aromatic heterocycles. The molecule has 0 bridgehead atoms. The molecule has 2 spiro atoms. The first-order valence-electron chi connectivity index (χ1n) is 12.7. The van der Waals surface area contributed by atoms with E-state index in [1.165, 1.54) is 32.1 Å². The van der Waals surface area contributed by atoms with Gasteiger partial charge < -0.3 is 10.1 Å². The first-order chi connectivity index (χ1) is 14.5. The van der Waals surface area contributed by atoms with Gasteiger partial charge in [-0.1, -0.05) is 33.8 Å². The first kappa shape index (κ1) is 21.5. The predicted octanol–water partition coefficient (Wildman–Crippen LogP) is 6.05. The minimum Gasteiger partial charge on any atom is -0.450 e. The summed E-state index contributed by atoms with van der Waals surface area (Å²) in [4.78, 5) is 25.2. The number of hydrogen-bond donors (Lipinski definition) is 1. The molecule has 0 heterocycles. The van der Waals surface area contributed by atoms with Gasteiger partial charge in [-0.15, -0.1) is 0 Å². The molecule has 172 valence electrons. The van der Waals surface area contributed by atoms with Gasteiger partial charge in [0.1, 0.15) is 0 Å². The van der Waals surface area contributed by atoms with E-state index in [-0.39, 0.29) is 28.4 Å². The molecule has 0 saturated heterocycles. The molecular formula is C27H41NO3. The van der Waals surface area contributed by atoms with Crippen molar-refractivity contribution in [2.75, 3.05) is 6.61 Å². The topological polar surface area (TPSA) is 55.4 Å². The number of ether oxygens (including phenoxy) is 1. The van der Waals surface area contributed by atoms with Crippen LogP contribution in [-0.2, 0) is 9.53 Å². The fourth-order valence-corrected chi connectivity index (χ4v) is 10.1. The summed E-state index contributed by atoms with van der Waals surface area (Å²) in [5.74, 6) is 1.70. The molecule has 0 aromatic carbocycles. The standard InChI is InChI=1S/C27H41NO3/c1-7-17-18(29)15-25(6)20-10-9-19-23(3,4)21(28-22(30)31-8-2)11-12-26(19)16-27(20,26)14-13-24(17,25)5/h7,19-21H,8-16H2,1-6H3,(H,28,30).